The van der Waals surface area contributed by atoms with E-state index in [1.807, 2.05) is 19.1 Å². The molecule has 0 fully saturated rings. The molecule has 1 aliphatic heterocycles. The summed E-state index contributed by atoms with van der Waals surface area (Å²) in [6.45, 7) is 4.41. The van der Waals surface area contributed by atoms with Crippen LogP contribution in [0, 0.1) is 6.92 Å². The molecule has 0 amide bonds. The van der Waals surface area contributed by atoms with Gasteiger partial charge in [0.2, 0.25) is 5.89 Å². The predicted molar refractivity (Wildman–Crippen MR) is 67.7 cm³/mol. The first kappa shape index (κ1) is 11.2. The fourth-order valence-corrected chi connectivity index (χ4v) is 2.44. The number of hydrogen-bond donors (Lipinski definition) is 1. The van der Waals surface area contributed by atoms with Crippen molar-refractivity contribution in [3.8, 4) is 0 Å². The Bertz CT molecular complexity index is 564. The Kier molecular flexibility index (Phi) is 2.76. The zero-order chi connectivity index (χ0) is 12.5. The number of aryl methyl sites for hydroxylation is 1. The molecule has 18 heavy (non-hydrogen) atoms. The molecule has 5 nitrogen and oxygen atoms in total. The second kappa shape index (κ2) is 4.42. The van der Waals surface area contributed by atoms with E-state index in [2.05, 4.69) is 21.1 Å². The Morgan fingerprint density at radius 3 is 3.11 bits per heavy atom. The summed E-state index contributed by atoms with van der Waals surface area (Å²) >= 11 is 0. The van der Waals surface area contributed by atoms with Gasteiger partial charge in [-0.15, -0.1) is 0 Å². The molecule has 0 bridgehead atoms. The molecule has 2 heterocycles. The lowest BCUT2D eigenvalue weighted by Gasteiger charge is -2.28. The molecule has 0 saturated heterocycles. The standard InChI is InChI=1S/C13H16N4O/c1-9-15-13(16-18-9)8-17-6-5-11-10(7-17)3-2-4-12(11)14/h2-4H,5-8,14H2,1H3. The van der Waals surface area contributed by atoms with Gasteiger partial charge in [-0.25, -0.2) is 0 Å². The number of hydrogen-bond acceptors (Lipinski definition) is 5. The second-order valence-corrected chi connectivity index (χ2v) is 4.68. The molecule has 0 aliphatic carbocycles. The van der Waals surface area contributed by atoms with Crippen LogP contribution in [0.25, 0.3) is 0 Å². The van der Waals surface area contributed by atoms with Crippen molar-refractivity contribution in [3.05, 3.63) is 41.0 Å². The highest BCUT2D eigenvalue weighted by Crippen LogP contribution is 2.24. The smallest absolute Gasteiger partial charge is 0.223 e. The van der Waals surface area contributed by atoms with Crippen LogP contribution in [0.15, 0.2) is 22.7 Å². The highest BCUT2D eigenvalue weighted by molar-refractivity contribution is 5.51. The van der Waals surface area contributed by atoms with Crippen molar-refractivity contribution in [1.29, 1.82) is 0 Å². The van der Waals surface area contributed by atoms with Crippen molar-refractivity contribution in [2.75, 3.05) is 12.3 Å². The molecule has 0 radical (unpaired) electrons. The molecule has 2 aromatic rings. The largest absolute Gasteiger partial charge is 0.398 e. The minimum atomic E-state index is 0.617. The fourth-order valence-electron chi connectivity index (χ4n) is 2.44. The summed E-state index contributed by atoms with van der Waals surface area (Å²) in [7, 11) is 0. The zero-order valence-corrected chi connectivity index (χ0v) is 10.4. The summed E-state index contributed by atoms with van der Waals surface area (Å²) in [6, 6.07) is 6.12. The lowest BCUT2D eigenvalue weighted by atomic mass is 9.98. The summed E-state index contributed by atoms with van der Waals surface area (Å²) in [5.74, 6) is 1.37. The third kappa shape index (κ3) is 2.09. The Balaban J connectivity index is 1.75. The maximum Gasteiger partial charge on any atom is 0.223 e. The predicted octanol–water partition coefficient (Wildman–Crippen LogP) is 1.52. The molecular formula is C13H16N4O. The number of fused-ring (bicyclic) bond motifs is 1. The molecule has 5 heteroatoms. The molecule has 1 aromatic carbocycles. The molecule has 1 aromatic heterocycles. The van der Waals surface area contributed by atoms with E-state index >= 15 is 0 Å². The van der Waals surface area contributed by atoms with E-state index in [0.29, 0.717) is 5.89 Å². The molecule has 0 unspecified atom stereocenters. The van der Waals surface area contributed by atoms with Crippen molar-refractivity contribution < 1.29 is 4.52 Å². The van der Waals surface area contributed by atoms with Crippen molar-refractivity contribution in [2.45, 2.75) is 26.4 Å². The van der Waals surface area contributed by atoms with Crippen molar-refractivity contribution in [3.63, 3.8) is 0 Å². The number of aromatic nitrogens is 2. The topological polar surface area (TPSA) is 68.2 Å². The summed E-state index contributed by atoms with van der Waals surface area (Å²) in [6.07, 6.45) is 0.985. The van der Waals surface area contributed by atoms with Gasteiger partial charge in [-0.05, 0) is 23.6 Å². The van der Waals surface area contributed by atoms with Crippen LogP contribution in [0.1, 0.15) is 22.8 Å². The van der Waals surface area contributed by atoms with Crippen LogP contribution < -0.4 is 5.73 Å². The molecular weight excluding hydrogens is 228 g/mol. The van der Waals surface area contributed by atoms with Crippen molar-refractivity contribution >= 4 is 5.69 Å². The molecule has 1 aliphatic rings. The van der Waals surface area contributed by atoms with Crippen LogP contribution in [0.3, 0.4) is 0 Å². The van der Waals surface area contributed by atoms with Gasteiger partial charge >= 0.3 is 0 Å². The quantitative estimate of drug-likeness (QED) is 0.811. The monoisotopic (exact) mass is 244 g/mol. The fraction of sp³-hybridized carbons (Fsp3) is 0.385. The lowest BCUT2D eigenvalue weighted by molar-refractivity contribution is 0.235. The number of nitrogens with zero attached hydrogens (tertiary/aromatic N) is 3. The van der Waals surface area contributed by atoms with Crippen LogP contribution in [0.5, 0.6) is 0 Å². The zero-order valence-electron chi connectivity index (χ0n) is 10.4. The summed E-state index contributed by atoms with van der Waals surface area (Å²) < 4.78 is 4.99. The van der Waals surface area contributed by atoms with Gasteiger partial charge in [-0.3, -0.25) is 4.90 Å². The van der Waals surface area contributed by atoms with Gasteiger partial charge in [0.05, 0.1) is 6.54 Å². The maximum atomic E-state index is 5.98. The first-order valence-electron chi connectivity index (χ1n) is 6.10. The Hall–Kier alpha value is -1.88. The molecule has 0 saturated carbocycles. The first-order valence-corrected chi connectivity index (χ1v) is 6.10. The maximum absolute atomic E-state index is 5.98. The van der Waals surface area contributed by atoms with Gasteiger partial charge in [0.15, 0.2) is 5.82 Å². The van der Waals surface area contributed by atoms with E-state index in [1.165, 1.54) is 11.1 Å². The molecule has 3 rings (SSSR count). The highest BCUT2D eigenvalue weighted by atomic mass is 16.5. The number of anilines is 1. The number of rotatable bonds is 2. The normalized spacial score (nSPS) is 15.6. The van der Waals surface area contributed by atoms with Gasteiger partial charge in [0.25, 0.3) is 0 Å². The second-order valence-electron chi connectivity index (χ2n) is 4.68. The van der Waals surface area contributed by atoms with E-state index in [-0.39, 0.29) is 0 Å². The van der Waals surface area contributed by atoms with E-state index in [9.17, 15) is 0 Å². The van der Waals surface area contributed by atoms with Gasteiger partial charge in [-0.1, -0.05) is 17.3 Å². The summed E-state index contributed by atoms with van der Waals surface area (Å²) in [5, 5.41) is 3.93. The third-order valence-electron chi connectivity index (χ3n) is 3.32. The number of benzene rings is 1. The highest BCUT2D eigenvalue weighted by Gasteiger charge is 2.19. The van der Waals surface area contributed by atoms with E-state index in [4.69, 9.17) is 10.3 Å². The Morgan fingerprint density at radius 1 is 1.44 bits per heavy atom. The number of nitrogens with two attached hydrogens (primary N) is 1. The van der Waals surface area contributed by atoms with Crippen LogP contribution >= 0.6 is 0 Å². The summed E-state index contributed by atoms with van der Waals surface area (Å²) in [4.78, 5) is 6.55. The SMILES string of the molecule is Cc1nc(CN2CCc3c(N)cccc3C2)no1. The van der Waals surface area contributed by atoms with Crippen molar-refractivity contribution in [1.82, 2.24) is 15.0 Å². The first-order chi connectivity index (χ1) is 8.72. The molecule has 0 atom stereocenters. The third-order valence-corrected chi connectivity index (χ3v) is 3.32. The average Bonchev–Trinajstić information content (AvgIpc) is 2.75. The average molecular weight is 244 g/mol. The minimum Gasteiger partial charge on any atom is -0.398 e. The van der Waals surface area contributed by atoms with Gasteiger partial charge in [0.1, 0.15) is 0 Å². The van der Waals surface area contributed by atoms with Crippen molar-refractivity contribution in [2.24, 2.45) is 0 Å². The molecule has 94 valence electrons. The van der Waals surface area contributed by atoms with Crippen LogP contribution in [0.2, 0.25) is 0 Å². The number of nitrogen functional groups attached to an aromatic ring is 1. The van der Waals surface area contributed by atoms with Crippen LogP contribution in [0.4, 0.5) is 5.69 Å². The van der Waals surface area contributed by atoms with E-state index in [0.717, 1.165) is 37.6 Å². The molecule has 2 N–H and O–H groups in total. The summed E-state index contributed by atoms with van der Waals surface area (Å²) in [5.41, 5.74) is 9.49. The Labute approximate surface area is 106 Å². The van der Waals surface area contributed by atoms with Crippen LogP contribution in [-0.4, -0.2) is 21.6 Å². The Morgan fingerprint density at radius 2 is 2.33 bits per heavy atom. The van der Waals surface area contributed by atoms with Gasteiger partial charge < -0.3 is 10.3 Å². The van der Waals surface area contributed by atoms with Gasteiger partial charge in [0, 0.05) is 25.7 Å². The van der Waals surface area contributed by atoms with Gasteiger partial charge in [-0.2, -0.15) is 4.98 Å². The lowest BCUT2D eigenvalue weighted by Crippen LogP contribution is -2.30. The van der Waals surface area contributed by atoms with Crippen LogP contribution in [-0.2, 0) is 19.5 Å². The van der Waals surface area contributed by atoms with E-state index < -0.39 is 0 Å². The van der Waals surface area contributed by atoms with E-state index in [1.54, 1.807) is 0 Å². The molecule has 0 spiro atoms. The minimum absolute atomic E-state index is 0.617.